The molecule has 0 spiro atoms. The Kier molecular flexibility index (Phi) is 4.11. The van der Waals surface area contributed by atoms with E-state index in [0.717, 1.165) is 43.7 Å². The van der Waals surface area contributed by atoms with Crippen LogP contribution in [0.15, 0.2) is 34.9 Å². The van der Waals surface area contributed by atoms with Gasteiger partial charge in [0.2, 0.25) is 5.89 Å². The molecule has 0 unspecified atom stereocenters. The minimum atomic E-state index is 0.737. The molecule has 2 aromatic rings. The summed E-state index contributed by atoms with van der Waals surface area (Å²) in [6.07, 6.45) is 3.34. The fourth-order valence-electron chi connectivity index (χ4n) is 2.83. The molecule has 20 heavy (non-hydrogen) atoms. The summed E-state index contributed by atoms with van der Waals surface area (Å²) in [5.74, 6) is 2.29. The van der Waals surface area contributed by atoms with Gasteiger partial charge in [-0.05, 0) is 30.9 Å². The van der Waals surface area contributed by atoms with Crippen LogP contribution in [0.2, 0.25) is 0 Å². The molecule has 1 aromatic carbocycles. The van der Waals surface area contributed by atoms with Crippen LogP contribution in [-0.4, -0.2) is 28.1 Å². The van der Waals surface area contributed by atoms with Gasteiger partial charge in [-0.1, -0.05) is 42.4 Å². The monoisotopic (exact) mass is 271 g/mol. The predicted octanol–water partition coefficient (Wildman–Crippen LogP) is 2.89. The van der Waals surface area contributed by atoms with Gasteiger partial charge in [0.15, 0.2) is 5.82 Å². The molecule has 1 fully saturated rings. The lowest BCUT2D eigenvalue weighted by Gasteiger charge is -2.29. The van der Waals surface area contributed by atoms with Crippen molar-refractivity contribution in [3.8, 4) is 0 Å². The lowest BCUT2D eigenvalue weighted by Crippen LogP contribution is -2.33. The molecule has 0 aliphatic carbocycles. The van der Waals surface area contributed by atoms with Crippen molar-refractivity contribution in [2.45, 2.75) is 32.7 Å². The quantitative estimate of drug-likeness (QED) is 0.857. The predicted molar refractivity (Wildman–Crippen MR) is 77.2 cm³/mol. The molecule has 1 atom stereocenters. The number of benzene rings is 1. The van der Waals surface area contributed by atoms with Crippen LogP contribution >= 0.6 is 0 Å². The first-order chi connectivity index (χ1) is 9.79. The maximum Gasteiger partial charge on any atom is 0.240 e. The number of nitrogens with zero attached hydrogens (tertiary/aromatic N) is 3. The molecule has 1 saturated heterocycles. The molecule has 1 aliphatic rings. The molecule has 0 amide bonds. The molecule has 1 aliphatic heterocycles. The van der Waals surface area contributed by atoms with Crippen molar-refractivity contribution in [1.82, 2.24) is 15.0 Å². The number of hydrogen-bond acceptors (Lipinski definition) is 4. The Labute approximate surface area is 119 Å². The van der Waals surface area contributed by atoms with Crippen molar-refractivity contribution < 1.29 is 4.52 Å². The van der Waals surface area contributed by atoms with E-state index in [1.165, 1.54) is 18.4 Å². The van der Waals surface area contributed by atoms with E-state index < -0.39 is 0 Å². The van der Waals surface area contributed by atoms with Crippen LogP contribution in [0.25, 0.3) is 0 Å². The summed E-state index contributed by atoms with van der Waals surface area (Å²) in [7, 11) is 0. The second kappa shape index (κ2) is 6.18. The minimum Gasteiger partial charge on any atom is -0.338 e. The van der Waals surface area contributed by atoms with Crippen LogP contribution in [0.4, 0.5) is 0 Å². The van der Waals surface area contributed by atoms with Crippen molar-refractivity contribution >= 4 is 0 Å². The van der Waals surface area contributed by atoms with Gasteiger partial charge >= 0.3 is 0 Å². The molecule has 0 bridgehead atoms. The average Bonchev–Trinajstić information content (AvgIpc) is 2.87. The number of likely N-dealkylation sites (tertiary alicyclic amines) is 1. The van der Waals surface area contributed by atoms with Gasteiger partial charge in [-0.2, -0.15) is 4.98 Å². The fraction of sp³-hybridized carbons (Fsp3) is 0.500. The first kappa shape index (κ1) is 13.3. The Morgan fingerprint density at radius 2 is 2.15 bits per heavy atom. The van der Waals surface area contributed by atoms with E-state index in [2.05, 4.69) is 34.1 Å². The second-order valence-corrected chi connectivity index (χ2v) is 5.75. The lowest BCUT2D eigenvalue weighted by atomic mass is 10.0. The summed E-state index contributed by atoms with van der Waals surface area (Å²) in [6.45, 7) is 5.37. The topological polar surface area (TPSA) is 42.2 Å². The van der Waals surface area contributed by atoms with Gasteiger partial charge in [0.25, 0.3) is 0 Å². The standard InChI is InChI=1S/C16H21N3O/c1-13-6-5-9-19(11-13)12-16-17-15(18-20-16)10-14-7-3-2-4-8-14/h2-4,7-8,13H,5-6,9-12H2,1H3/t13-/m0/s1. The third-order valence-corrected chi connectivity index (χ3v) is 3.82. The lowest BCUT2D eigenvalue weighted by molar-refractivity contribution is 0.157. The summed E-state index contributed by atoms with van der Waals surface area (Å²) >= 11 is 0. The highest BCUT2D eigenvalue weighted by atomic mass is 16.5. The number of piperidine rings is 1. The molecule has 2 heterocycles. The Bertz CT molecular complexity index is 538. The minimum absolute atomic E-state index is 0.737. The van der Waals surface area contributed by atoms with Crippen molar-refractivity contribution in [1.29, 1.82) is 0 Å². The number of hydrogen-bond donors (Lipinski definition) is 0. The zero-order valence-electron chi connectivity index (χ0n) is 12.0. The molecule has 0 radical (unpaired) electrons. The zero-order chi connectivity index (χ0) is 13.8. The summed E-state index contributed by atoms with van der Waals surface area (Å²) < 4.78 is 5.37. The molecular formula is C16H21N3O. The Hall–Kier alpha value is -1.68. The van der Waals surface area contributed by atoms with E-state index in [-0.39, 0.29) is 0 Å². The van der Waals surface area contributed by atoms with E-state index in [9.17, 15) is 0 Å². The SMILES string of the molecule is C[C@H]1CCCN(Cc2nc(Cc3ccccc3)no2)C1. The maximum atomic E-state index is 5.37. The van der Waals surface area contributed by atoms with Crippen molar-refractivity contribution in [3.05, 3.63) is 47.6 Å². The van der Waals surface area contributed by atoms with Crippen LogP contribution in [0.5, 0.6) is 0 Å². The summed E-state index contributed by atoms with van der Waals surface area (Å²) in [5.41, 5.74) is 1.21. The summed E-state index contributed by atoms with van der Waals surface area (Å²) in [4.78, 5) is 6.92. The van der Waals surface area contributed by atoms with Crippen LogP contribution in [0.3, 0.4) is 0 Å². The van der Waals surface area contributed by atoms with E-state index in [0.29, 0.717) is 0 Å². The Balaban J connectivity index is 1.59. The zero-order valence-corrected chi connectivity index (χ0v) is 12.0. The molecule has 4 nitrogen and oxygen atoms in total. The fourth-order valence-corrected chi connectivity index (χ4v) is 2.83. The molecule has 3 rings (SSSR count). The molecule has 106 valence electrons. The molecule has 1 aromatic heterocycles. The van der Waals surface area contributed by atoms with Gasteiger partial charge < -0.3 is 4.52 Å². The highest BCUT2D eigenvalue weighted by Gasteiger charge is 2.18. The van der Waals surface area contributed by atoms with E-state index in [4.69, 9.17) is 4.52 Å². The van der Waals surface area contributed by atoms with Gasteiger partial charge in [0.1, 0.15) is 0 Å². The first-order valence-electron chi connectivity index (χ1n) is 7.37. The van der Waals surface area contributed by atoms with Crippen molar-refractivity contribution in [3.63, 3.8) is 0 Å². The number of rotatable bonds is 4. The summed E-state index contributed by atoms with van der Waals surface area (Å²) in [5, 5.41) is 4.08. The Morgan fingerprint density at radius 3 is 2.95 bits per heavy atom. The van der Waals surface area contributed by atoms with Crippen molar-refractivity contribution in [2.24, 2.45) is 5.92 Å². The van der Waals surface area contributed by atoms with Gasteiger partial charge in [-0.15, -0.1) is 0 Å². The van der Waals surface area contributed by atoms with Gasteiger partial charge in [0, 0.05) is 13.0 Å². The normalized spacial score (nSPS) is 20.1. The van der Waals surface area contributed by atoms with Crippen LogP contribution in [0.1, 0.15) is 37.0 Å². The molecule has 0 N–H and O–H groups in total. The van der Waals surface area contributed by atoms with E-state index in [1.54, 1.807) is 0 Å². The third kappa shape index (κ3) is 3.45. The largest absolute Gasteiger partial charge is 0.338 e. The summed E-state index contributed by atoms with van der Waals surface area (Å²) in [6, 6.07) is 10.3. The average molecular weight is 271 g/mol. The Morgan fingerprint density at radius 1 is 1.30 bits per heavy atom. The van der Waals surface area contributed by atoms with Crippen LogP contribution in [0, 0.1) is 5.92 Å². The maximum absolute atomic E-state index is 5.37. The molecular weight excluding hydrogens is 250 g/mol. The second-order valence-electron chi connectivity index (χ2n) is 5.75. The van der Waals surface area contributed by atoms with Crippen LogP contribution < -0.4 is 0 Å². The third-order valence-electron chi connectivity index (χ3n) is 3.82. The van der Waals surface area contributed by atoms with E-state index in [1.807, 2.05) is 18.2 Å². The van der Waals surface area contributed by atoms with Crippen LogP contribution in [-0.2, 0) is 13.0 Å². The van der Waals surface area contributed by atoms with Crippen molar-refractivity contribution in [2.75, 3.05) is 13.1 Å². The van der Waals surface area contributed by atoms with Gasteiger partial charge in [-0.3, -0.25) is 4.90 Å². The first-order valence-corrected chi connectivity index (χ1v) is 7.37. The number of aromatic nitrogens is 2. The van der Waals surface area contributed by atoms with Gasteiger partial charge in [-0.25, -0.2) is 0 Å². The van der Waals surface area contributed by atoms with E-state index >= 15 is 0 Å². The smallest absolute Gasteiger partial charge is 0.240 e. The molecule has 4 heteroatoms. The van der Waals surface area contributed by atoms with Gasteiger partial charge in [0.05, 0.1) is 6.54 Å². The highest BCUT2D eigenvalue weighted by molar-refractivity contribution is 5.18. The highest BCUT2D eigenvalue weighted by Crippen LogP contribution is 2.17. The molecule has 0 saturated carbocycles.